The van der Waals surface area contributed by atoms with E-state index in [-0.39, 0.29) is 5.41 Å². The van der Waals surface area contributed by atoms with E-state index in [0.29, 0.717) is 24.2 Å². The second-order valence-electron chi connectivity index (χ2n) is 8.64. The van der Waals surface area contributed by atoms with Crippen LogP contribution < -0.4 is 0 Å². The van der Waals surface area contributed by atoms with Gasteiger partial charge in [0, 0.05) is 42.7 Å². The van der Waals surface area contributed by atoms with Crippen LogP contribution in [0.3, 0.4) is 0 Å². The lowest BCUT2D eigenvalue weighted by molar-refractivity contribution is -0.118. The Hall–Kier alpha value is -1.61. The molecule has 128 valence electrons. The Kier molecular flexibility index (Phi) is 3.80. The molecular weight excluding hydrogens is 296 g/mol. The SMILES string of the molecule is CN1CC[C@@H]2C3=C(CC(C)(C)CC3=O)N(Cc3ccccc3)[C@H]2C1. The van der Waals surface area contributed by atoms with Crippen LogP contribution in [0.2, 0.25) is 0 Å². The van der Waals surface area contributed by atoms with Crippen molar-refractivity contribution in [1.29, 1.82) is 0 Å². The number of Topliss-reactive ketones (excluding diaryl/α,β-unsaturated/α-hetero) is 1. The maximum absolute atomic E-state index is 12.9. The third kappa shape index (κ3) is 2.69. The first-order valence-electron chi connectivity index (χ1n) is 9.20. The van der Waals surface area contributed by atoms with Crippen LogP contribution in [-0.4, -0.2) is 41.8 Å². The van der Waals surface area contributed by atoms with E-state index >= 15 is 0 Å². The van der Waals surface area contributed by atoms with Crippen molar-refractivity contribution < 1.29 is 4.79 Å². The number of fused-ring (bicyclic) bond motifs is 2. The summed E-state index contributed by atoms with van der Waals surface area (Å²) in [6.07, 6.45) is 2.87. The van der Waals surface area contributed by atoms with Crippen LogP contribution in [0.25, 0.3) is 0 Å². The predicted octanol–water partition coefficient (Wildman–Crippen LogP) is 3.47. The smallest absolute Gasteiger partial charge is 0.161 e. The highest BCUT2D eigenvalue weighted by atomic mass is 16.1. The largest absolute Gasteiger partial charge is 0.365 e. The highest BCUT2D eigenvalue weighted by Gasteiger charge is 2.49. The zero-order chi connectivity index (χ0) is 16.9. The number of hydrogen-bond donors (Lipinski definition) is 0. The molecule has 0 unspecified atom stereocenters. The Morgan fingerprint density at radius 3 is 2.67 bits per heavy atom. The number of ketones is 1. The van der Waals surface area contributed by atoms with Gasteiger partial charge in [0.25, 0.3) is 0 Å². The van der Waals surface area contributed by atoms with Crippen molar-refractivity contribution in [2.75, 3.05) is 20.1 Å². The van der Waals surface area contributed by atoms with Crippen molar-refractivity contribution in [1.82, 2.24) is 9.80 Å². The van der Waals surface area contributed by atoms with Gasteiger partial charge < -0.3 is 9.80 Å². The molecule has 0 saturated carbocycles. The van der Waals surface area contributed by atoms with Crippen LogP contribution in [0.1, 0.15) is 38.7 Å². The second-order valence-corrected chi connectivity index (χ2v) is 8.64. The van der Waals surface area contributed by atoms with E-state index in [1.54, 1.807) is 0 Å². The van der Waals surface area contributed by atoms with Crippen molar-refractivity contribution >= 4 is 5.78 Å². The minimum absolute atomic E-state index is 0.0876. The third-order valence-electron chi connectivity index (χ3n) is 5.99. The summed E-state index contributed by atoms with van der Waals surface area (Å²) in [5.74, 6) is 0.861. The molecule has 0 bridgehead atoms. The van der Waals surface area contributed by atoms with E-state index in [1.165, 1.54) is 16.8 Å². The van der Waals surface area contributed by atoms with Gasteiger partial charge in [0.1, 0.15) is 0 Å². The molecule has 0 aromatic heterocycles. The first kappa shape index (κ1) is 15.9. The second kappa shape index (κ2) is 5.73. The van der Waals surface area contributed by atoms with E-state index in [1.807, 2.05) is 0 Å². The number of piperidine rings is 1. The lowest BCUT2D eigenvalue weighted by atomic mass is 9.73. The number of nitrogens with zero attached hydrogens (tertiary/aromatic N) is 2. The lowest BCUT2D eigenvalue weighted by Gasteiger charge is -2.39. The summed E-state index contributed by atoms with van der Waals surface area (Å²) in [6, 6.07) is 11.2. The molecule has 1 aromatic rings. The molecule has 0 spiro atoms. The molecule has 24 heavy (non-hydrogen) atoms. The number of carbonyl (C=O) groups is 1. The number of hydrogen-bond acceptors (Lipinski definition) is 3. The van der Waals surface area contributed by atoms with Gasteiger partial charge in [-0.1, -0.05) is 44.2 Å². The van der Waals surface area contributed by atoms with Crippen LogP contribution in [0, 0.1) is 11.3 Å². The molecule has 3 aliphatic rings. The van der Waals surface area contributed by atoms with Crippen molar-refractivity contribution in [3.63, 3.8) is 0 Å². The van der Waals surface area contributed by atoms with E-state index in [2.05, 4.69) is 61.0 Å². The molecule has 1 aliphatic carbocycles. The molecule has 1 saturated heterocycles. The van der Waals surface area contributed by atoms with Crippen molar-refractivity contribution in [3.05, 3.63) is 47.2 Å². The highest BCUT2D eigenvalue weighted by Crippen LogP contribution is 2.49. The molecule has 0 N–H and O–H groups in total. The van der Waals surface area contributed by atoms with Crippen LogP contribution in [-0.2, 0) is 11.3 Å². The summed E-state index contributed by atoms with van der Waals surface area (Å²) in [7, 11) is 2.21. The van der Waals surface area contributed by atoms with Gasteiger partial charge in [0.05, 0.1) is 0 Å². The molecule has 3 heteroatoms. The fourth-order valence-corrected chi connectivity index (χ4v) is 4.91. The van der Waals surface area contributed by atoms with E-state index < -0.39 is 0 Å². The average molecular weight is 324 g/mol. The van der Waals surface area contributed by atoms with Crippen molar-refractivity contribution in [2.45, 2.75) is 45.7 Å². The Morgan fingerprint density at radius 1 is 1.17 bits per heavy atom. The van der Waals surface area contributed by atoms with Crippen molar-refractivity contribution in [2.24, 2.45) is 11.3 Å². The first-order chi connectivity index (χ1) is 11.4. The predicted molar refractivity (Wildman–Crippen MR) is 96.4 cm³/mol. The minimum Gasteiger partial charge on any atom is -0.365 e. The zero-order valence-corrected chi connectivity index (χ0v) is 15.1. The lowest BCUT2D eigenvalue weighted by Crippen LogP contribution is -2.47. The third-order valence-corrected chi connectivity index (χ3v) is 5.99. The van der Waals surface area contributed by atoms with E-state index in [4.69, 9.17) is 0 Å². The average Bonchev–Trinajstić information content (AvgIpc) is 2.81. The minimum atomic E-state index is 0.0876. The molecule has 1 fully saturated rings. The van der Waals surface area contributed by atoms with Crippen molar-refractivity contribution in [3.8, 4) is 0 Å². The number of likely N-dealkylation sites (N-methyl/N-ethyl adjacent to an activating group) is 1. The van der Waals surface area contributed by atoms with Gasteiger partial charge in [0.2, 0.25) is 0 Å². The summed E-state index contributed by atoms with van der Waals surface area (Å²) >= 11 is 0. The standard InChI is InChI=1S/C21H28N2O/c1-21(2)11-17-20(19(24)12-21)16-9-10-22(3)14-18(16)23(17)13-15-7-5-4-6-8-15/h4-8,16,18H,9-14H2,1-3H3/t16-,18-/m0/s1. The van der Waals surface area contributed by atoms with E-state index in [0.717, 1.165) is 32.5 Å². The van der Waals surface area contributed by atoms with Crippen LogP contribution in [0.15, 0.2) is 41.6 Å². The zero-order valence-electron chi connectivity index (χ0n) is 15.1. The Bertz CT molecular complexity index is 676. The van der Waals surface area contributed by atoms with Gasteiger partial charge in [0.15, 0.2) is 5.78 Å². The van der Waals surface area contributed by atoms with Gasteiger partial charge in [-0.05, 0) is 37.4 Å². The molecule has 2 atom stereocenters. The number of allylic oxidation sites excluding steroid dienone is 1. The van der Waals surface area contributed by atoms with Gasteiger partial charge in [-0.2, -0.15) is 0 Å². The number of rotatable bonds is 2. The normalized spacial score (nSPS) is 29.6. The maximum atomic E-state index is 12.9. The summed E-state index contributed by atoms with van der Waals surface area (Å²) < 4.78 is 0. The number of carbonyl (C=O) groups excluding carboxylic acids is 1. The molecule has 0 radical (unpaired) electrons. The topological polar surface area (TPSA) is 23.6 Å². The monoisotopic (exact) mass is 324 g/mol. The fourth-order valence-electron chi connectivity index (χ4n) is 4.91. The Morgan fingerprint density at radius 2 is 1.92 bits per heavy atom. The summed E-state index contributed by atoms with van der Waals surface area (Å²) in [5.41, 5.74) is 3.97. The number of likely N-dealkylation sites (tertiary alicyclic amines) is 1. The van der Waals surface area contributed by atoms with Crippen LogP contribution in [0.5, 0.6) is 0 Å². The van der Waals surface area contributed by atoms with Crippen LogP contribution >= 0.6 is 0 Å². The quantitative estimate of drug-likeness (QED) is 0.832. The van der Waals surface area contributed by atoms with E-state index in [9.17, 15) is 4.79 Å². The maximum Gasteiger partial charge on any atom is 0.161 e. The van der Waals surface area contributed by atoms with Gasteiger partial charge >= 0.3 is 0 Å². The summed E-state index contributed by atoms with van der Waals surface area (Å²) in [6.45, 7) is 7.58. The van der Waals surface area contributed by atoms with Gasteiger partial charge in [-0.25, -0.2) is 0 Å². The van der Waals surface area contributed by atoms with Gasteiger partial charge in [-0.15, -0.1) is 0 Å². The molecule has 4 rings (SSSR count). The first-order valence-corrected chi connectivity index (χ1v) is 9.20. The molecule has 0 amide bonds. The Balaban J connectivity index is 1.72. The highest BCUT2D eigenvalue weighted by molar-refractivity contribution is 5.98. The molecule has 2 heterocycles. The molecule has 1 aromatic carbocycles. The summed E-state index contributed by atoms with van der Waals surface area (Å²) in [4.78, 5) is 17.9. The van der Waals surface area contributed by atoms with Crippen LogP contribution in [0.4, 0.5) is 0 Å². The molecule has 2 aliphatic heterocycles. The number of benzene rings is 1. The van der Waals surface area contributed by atoms with Gasteiger partial charge in [-0.3, -0.25) is 4.79 Å². The fraction of sp³-hybridized carbons (Fsp3) is 0.571. The summed E-state index contributed by atoms with van der Waals surface area (Å²) in [5, 5.41) is 0. The Labute approximate surface area is 145 Å². The molecule has 3 nitrogen and oxygen atoms in total. The molecular formula is C21H28N2O.